The Morgan fingerprint density at radius 1 is 0.931 bits per heavy atom. The number of amides is 2. The van der Waals surface area contributed by atoms with Crippen molar-refractivity contribution in [3.8, 4) is 0 Å². The number of nitrogens with one attached hydrogen (secondary N) is 2. The Morgan fingerprint density at radius 3 is 2.28 bits per heavy atom. The van der Waals surface area contributed by atoms with Crippen molar-refractivity contribution in [2.75, 3.05) is 0 Å². The standard InChI is InChI=1S/C24H24N2O3/c1-16-9-4-6-12-20(16)18(3)25-24(28)22(15-19-11-8-14-29-19)26-23(27)21-13-7-5-10-17(21)2/h4-15,18H,1-3H3,(H,25,28)(H,26,27)/b22-15-/t18-/m0/s1. The van der Waals surface area contributed by atoms with Gasteiger partial charge in [0.2, 0.25) is 0 Å². The molecule has 0 saturated carbocycles. The van der Waals surface area contributed by atoms with Crippen LogP contribution >= 0.6 is 0 Å². The monoisotopic (exact) mass is 388 g/mol. The highest BCUT2D eigenvalue weighted by Crippen LogP contribution is 2.18. The molecule has 0 spiro atoms. The summed E-state index contributed by atoms with van der Waals surface area (Å²) in [4.78, 5) is 25.7. The molecule has 0 radical (unpaired) electrons. The van der Waals surface area contributed by atoms with E-state index in [1.807, 2.05) is 57.2 Å². The van der Waals surface area contributed by atoms with E-state index in [0.29, 0.717) is 11.3 Å². The third kappa shape index (κ3) is 5.02. The maximum absolute atomic E-state index is 13.0. The summed E-state index contributed by atoms with van der Waals surface area (Å²) in [7, 11) is 0. The number of rotatable bonds is 6. The Morgan fingerprint density at radius 2 is 1.62 bits per heavy atom. The van der Waals surface area contributed by atoms with Gasteiger partial charge in [0.05, 0.1) is 12.3 Å². The van der Waals surface area contributed by atoms with Gasteiger partial charge in [0.25, 0.3) is 11.8 Å². The molecule has 2 amide bonds. The summed E-state index contributed by atoms with van der Waals surface area (Å²) in [6, 6.07) is 18.3. The van der Waals surface area contributed by atoms with Crippen LogP contribution in [0.4, 0.5) is 0 Å². The highest BCUT2D eigenvalue weighted by atomic mass is 16.3. The zero-order chi connectivity index (χ0) is 20.8. The fourth-order valence-corrected chi connectivity index (χ4v) is 3.12. The Labute approximate surface area is 170 Å². The zero-order valence-corrected chi connectivity index (χ0v) is 16.7. The first kappa shape index (κ1) is 20.1. The molecule has 5 heteroatoms. The highest BCUT2D eigenvalue weighted by molar-refractivity contribution is 6.05. The molecule has 0 aliphatic rings. The molecular weight excluding hydrogens is 364 g/mol. The van der Waals surface area contributed by atoms with E-state index in [4.69, 9.17) is 4.42 Å². The summed E-state index contributed by atoms with van der Waals surface area (Å²) in [5.41, 5.74) is 3.56. The van der Waals surface area contributed by atoms with Crippen LogP contribution in [-0.4, -0.2) is 11.8 Å². The molecule has 1 heterocycles. The van der Waals surface area contributed by atoms with Crippen molar-refractivity contribution in [2.45, 2.75) is 26.8 Å². The fourth-order valence-electron chi connectivity index (χ4n) is 3.12. The number of hydrogen-bond donors (Lipinski definition) is 2. The van der Waals surface area contributed by atoms with E-state index >= 15 is 0 Å². The van der Waals surface area contributed by atoms with Gasteiger partial charge in [-0.2, -0.15) is 0 Å². The molecule has 0 aliphatic carbocycles. The van der Waals surface area contributed by atoms with Crippen molar-refractivity contribution in [1.29, 1.82) is 0 Å². The van der Waals surface area contributed by atoms with Crippen molar-refractivity contribution in [2.24, 2.45) is 0 Å². The summed E-state index contributed by atoms with van der Waals surface area (Å²) < 4.78 is 5.33. The van der Waals surface area contributed by atoms with Gasteiger partial charge in [0, 0.05) is 11.6 Å². The van der Waals surface area contributed by atoms with Gasteiger partial charge in [0.1, 0.15) is 11.5 Å². The SMILES string of the molecule is Cc1ccccc1C(=O)N/C(=C\c1ccco1)C(=O)N[C@@H](C)c1ccccc1C. The van der Waals surface area contributed by atoms with Gasteiger partial charge in [-0.05, 0) is 55.7 Å². The van der Waals surface area contributed by atoms with Crippen LogP contribution in [-0.2, 0) is 4.79 Å². The second-order valence-corrected chi connectivity index (χ2v) is 6.89. The average Bonchev–Trinajstić information content (AvgIpc) is 3.21. The van der Waals surface area contributed by atoms with Gasteiger partial charge in [0.15, 0.2) is 0 Å². The van der Waals surface area contributed by atoms with E-state index in [1.165, 1.54) is 12.3 Å². The minimum atomic E-state index is -0.390. The van der Waals surface area contributed by atoms with E-state index in [1.54, 1.807) is 24.3 Å². The van der Waals surface area contributed by atoms with Crippen LogP contribution in [0.15, 0.2) is 77.0 Å². The largest absolute Gasteiger partial charge is 0.465 e. The van der Waals surface area contributed by atoms with Gasteiger partial charge in [-0.3, -0.25) is 9.59 Å². The van der Waals surface area contributed by atoms with Gasteiger partial charge in [-0.15, -0.1) is 0 Å². The van der Waals surface area contributed by atoms with E-state index in [0.717, 1.165) is 16.7 Å². The smallest absolute Gasteiger partial charge is 0.268 e. The van der Waals surface area contributed by atoms with Crippen LogP contribution in [0, 0.1) is 13.8 Å². The number of carbonyl (C=O) groups is 2. The van der Waals surface area contributed by atoms with Crippen molar-refractivity contribution in [1.82, 2.24) is 10.6 Å². The summed E-state index contributed by atoms with van der Waals surface area (Å²) in [5.74, 6) is -0.262. The summed E-state index contributed by atoms with van der Waals surface area (Å²) in [5, 5.41) is 5.69. The molecule has 0 fully saturated rings. The maximum Gasteiger partial charge on any atom is 0.268 e. The second kappa shape index (κ2) is 9.06. The third-order valence-electron chi connectivity index (χ3n) is 4.71. The molecule has 2 aromatic carbocycles. The summed E-state index contributed by atoms with van der Waals surface area (Å²) >= 11 is 0. The highest BCUT2D eigenvalue weighted by Gasteiger charge is 2.19. The minimum Gasteiger partial charge on any atom is -0.465 e. The van der Waals surface area contributed by atoms with Crippen molar-refractivity contribution in [3.05, 3.63) is 101 Å². The lowest BCUT2D eigenvalue weighted by molar-refractivity contribution is -0.118. The van der Waals surface area contributed by atoms with E-state index < -0.39 is 0 Å². The molecule has 1 atom stereocenters. The number of furan rings is 1. The van der Waals surface area contributed by atoms with Gasteiger partial charge in [-0.25, -0.2) is 0 Å². The predicted octanol–water partition coefficient (Wildman–Crippen LogP) is 4.54. The number of benzene rings is 2. The molecule has 0 saturated heterocycles. The molecule has 0 bridgehead atoms. The fraction of sp³-hybridized carbons (Fsp3) is 0.167. The number of hydrogen-bond acceptors (Lipinski definition) is 3. The van der Waals surface area contributed by atoms with Crippen LogP contribution < -0.4 is 10.6 Å². The number of carbonyl (C=O) groups excluding carboxylic acids is 2. The van der Waals surface area contributed by atoms with Crippen LogP contribution in [0.5, 0.6) is 0 Å². The van der Waals surface area contributed by atoms with Gasteiger partial charge < -0.3 is 15.1 Å². The van der Waals surface area contributed by atoms with Crippen molar-refractivity contribution >= 4 is 17.9 Å². The van der Waals surface area contributed by atoms with Gasteiger partial charge >= 0.3 is 0 Å². The molecule has 148 valence electrons. The average molecular weight is 388 g/mol. The minimum absolute atomic E-state index is 0.119. The quantitative estimate of drug-likeness (QED) is 0.609. The first-order chi connectivity index (χ1) is 14.0. The van der Waals surface area contributed by atoms with Crippen molar-refractivity contribution in [3.63, 3.8) is 0 Å². The lowest BCUT2D eigenvalue weighted by atomic mass is 10.0. The third-order valence-corrected chi connectivity index (χ3v) is 4.71. The summed E-state index contributed by atoms with van der Waals surface area (Å²) in [6.07, 6.45) is 3.04. The lowest BCUT2D eigenvalue weighted by Crippen LogP contribution is -2.36. The van der Waals surface area contributed by atoms with Crippen LogP contribution in [0.25, 0.3) is 6.08 Å². The second-order valence-electron chi connectivity index (χ2n) is 6.89. The zero-order valence-electron chi connectivity index (χ0n) is 16.7. The molecule has 0 aliphatic heterocycles. The Kier molecular flexibility index (Phi) is 6.29. The van der Waals surface area contributed by atoms with E-state index in [-0.39, 0.29) is 23.6 Å². The molecule has 3 aromatic rings. The molecule has 0 unspecified atom stereocenters. The molecule has 1 aromatic heterocycles. The summed E-state index contributed by atoms with van der Waals surface area (Å²) in [6.45, 7) is 5.76. The first-order valence-electron chi connectivity index (χ1n) is 9.44. The maximum atomic E-state index is 13.0. The van der Waals surface area contributed by atoms with Crippen LogP contribution in [0.1, 0.15) is 45.8 Å². The normalized spacial score (nSPS) is 12.3. The molecule has 3 rings (SSSR count). The molecule has 29 heavy (non-hydrogen) atoms. The predicted molar refractivity (Wildman–Crippen MR) is 113 cm³/mol. The van der Waals surface area contributed by atoms with Crippen LogP contribution in [0.2, 0.25) is 0 Å². The van der Waals surface area contributed by atoms with Crippen molar-refractivity contribution < 1.29 is 14.0 Å². The van der Waals surface area contributed by atoms with E-state index in [9.17, 15) is 9.59 Å². The van der Waals surface area contributed by atoms with Gasteiger partial charge in [-0.1, -0.05) is 42.5 Å². The molecule has 2 N–H and O–H groups in total. The Balaban J connectivity index is 1.84. The first-order valence-corrected chi connectivity index (χ1v) is 9.44. The number of aryl methyl sites for hydroxylation is 2. The van der Waals surface area contributed by atoms with E-state index in [2.05, 4.69) is 10.6 Å². The lowest BCUT2D eigenvalue weighted by Gasteiger charge is -2.18. The van der Waals surface area contributed by atoms with Crippen LogP contribution in [0.3, 0.4) is 0 Å². The molecular formula is C24H24N2O3. The molecule has 5 nitrogen and oxygen atoms in total. The Bertz CT molecular complexity index is 1040. The topological polar surface area (TPSA) is 71.3 Å². The Hall–Kier alpha value is -3.60.